The van der Waals surface area contributed by atoms with Crippen LogP contribution in [0.3, 0.4) is 0 Å². The zero-order valence-corrected chi connectivity index (χ0v) is 14.6. The molecule has 0 radical (unpaired) electrons. The van der Waals surface area contributed by atoms with Crippen LogP contribution in [-0.4, -0.2) is 45.1 Å². The van der Waals surface area contributed by atoms with Gasteiger partial charge in [-0.15, -0.1) is 0 Å². The summed E-state index contributed by atoms with van der Waals surface area (Å²) >= 11 is 0. The minimum absolute atomic E-state index is 0.0388. The van der Waals surface area contributed by atoms with Crippen molar-refractivity contribution in [1.29, 1.82) is 0 Å². The van der Waals surface area contributed by atoms with Crippen molar-refractivity contribution in [3.05, 3.63) is 24.3 Å². The van der Waals surface area contributed by atoms with Crippen LogP contribution >= 0.6 is 0 Å². The second kappa shape index (κ2) is 9.56. The van der Waals surface area contributed by atoms with Gasteiger partial charge in [0.25, 0.3) is 0 Å². The molecule has 7 nitrogen and oxygen atoms in total. The number of ether oxygens (including phenoxy) is 2. The van der Waals surface area contributed by atoms with Crippen molar-refractivity contribution in [1.82, 2.24) is 4.72 Å². The van der Waals surface area contributed by atoms with Crippen LogP contribution < -0.4 is 4.72 Å². The second-order valence-corrected chi connectivity index (χ2v) is 6.93. The Balaban J connectivity index is 4.62. The smallest absolute Gasteiger partial charge is 0.458 e. The van der Waals surface area contributed by atoms with Crippen molar-refractivity contribution in [2.45, 2.75) is 38.3 Å². The van der Waals surface area contributed by atoms with Gasteiger partial charge in [-0.05, 0) is 26.7 Å². The Hall–Kier alpha value is -1.88. The molecular formula is C14H20F3NO6S. The minimum Gasteiger partial charge on any atom is -0.458 e. The van der Waals surface area contributed by atoms with E-state index in [9.17, 15) is 31.2 Å². The van der Waals surface area contributed by atoms with Gasteiger partial charge < -0.3 is 9.47 Å². The molecule has 1 atom stereocenters. The molecule has 144 valence electrons. The van der Waals surface area contributed by atoms with E-state index in [1.165, 1.54) is 18.6 Å². The Labute approximate surface area is 143 Å². The molecule has 0 saturated carbocycles. The molecule has 0 spiro atoms. The summed E-state index contributed by atoms with van der Waals surface area (Å²) in [6.45, 7) is 8.65. The quantitative estimate of drug-likeness (QED) is 0.349. The van der Waals surface area contributed by atoms with Crippen LogP contribution in [0.15, 0.2) is 24.3 Å². The van der Waals surface area contributed by atoms with E-state index < -0.39 is 40.1 Å². The lowest BCUT2D eigenvalue weighted by molar-refractivity contribution is -0.154. The Morgan fingerprint density at radius 3 is 2.08 bits per heavy atom. The van der Waals surface area contributed by atoms with Gasteiger partial charge in [-0.25, -0.2) is 22.7 Å². The fourth-order valence-electron chi connectivity index (χ4n) is 1.34. The molecule has 11 heteroatoms. The van der Waals surface area contributed by atoms with Crippen molar-refractivity contribution >= 4 is 22.0 Å². The first-order chi connectivity index (χ1) is 11.3. The van der Waals surface area contributed by atoms with Gasteiger partial charge in [0.15, 0.2) is 0 Å². The van der Waals surface area contributed by atoms with E-state index >= 15 is 0 Å². The van der Waals surface area contributed by atoms with Crippen molar-refractivity contribution in [3.63, 3.8) is 0 Å². The third-order valence-electron chi connectivity index (χ3n) is 2.67. The first kappa shape index (κ1) is 23.1. The number of sulfonamides is 1. The minimum atomic E-state index is -5.44. The van der Waals surface area contributed by atoms with Crippen molar-refractivity contribution in [2.75, 3.05) is 13.2 Å². The largest absolute Gasteiger partial charge is 0.511 e. The van der Waals surface area contributed by atoms with Crippen molar-refractivity contribution in [2.24, 2.45) is 0 Å². The number of rotatable bonds is 10. The normalized spacial score (nSPS) is 13.0. The van der Waals surface area contributed by atoms with E-state index in [-0.39, 0.29) is 30.6 Å². The van der Waals surface area contributed by atoms with Crippen LogP contribution in [0.2, 0.25) is 0 Å². The molecule has 0 aromatic carbocycles. The van der Waals surface area contributed by atoms with E-state index in [0.29, 0.717) is 0 Å². The number of hydrogen-bond donors (Lipinski definition) is 1. The Morgan fingerprint density at radius 1 is 1.12 bits per heavy atom. The molecule has 1 unspecified atom stereocenters. The predicted molar refractivity (Wildman–Crippen MR) is 82.7 cm³/mol. The lowest BCUT2D eigenvalue weighted by Gasteiger charge is -2.18. The average Bonchev–Trinajstić information content (AvgIpc) is 2.46. The highest BCUT2D eigenvalue weighted by atomic mass is 32.2. The number of hydrogen-bond acceptors (Lipinski definition) is 6. The first-order valence-corrected chi connectivity index (χ1v) is 8.51. The van der Waals surface area contributed by atoms with Crippen molar-refractivity contribution in [3.8, 4) is 0 Å². The van der Waals surface area contributed by atoms with E-state index in [4.69, 9.17) is 9.47 Å². The van der Waals surface area contributed by atoms with Crippen LogP contribution in [-0.2, 0) is 29.1 Å². The highest BCUT2D eigenvalue weighted by Crippen LogP contribution is 2.21. The van der Waals surface area contributed by atoms with Gasteiger partial charge in [0.1, 0.15) is 12.7 Å². The summed E-state index contributed by atoms with van der Waals surface area (Å²) in [5.41, 5.74) is -5.22. The molecule has 25 heavy (non-hydrogen) atoms. The molecule has 0 heterocycles. The van der Waals surface area contributed by atoms with Gasteiger partial charge in [0.2, 0.25) is 0 Å². The molecule has 0 saturated heterocycles. The summed E-state index contributed by atoms with van der Waals surface area (Å²) in [5, 5.41) is 0. The molecule has 0 rings (SSSR count). The highest BCUT2D eigenvalue weighted by molar-refractivity contribution is 7.90. The number of carbonyl (C=O) groups is 2. The fraction of sp³-hybridized carbons (Fsp3) is 0.571. The summed E-state index contributed by atoms with van der Waals surface area (Å²) in [7, 11) is -5.44. The van der Waals surface area contributed by atoms with E-state index in [2.05, 4.69) is 13.2 Å². The summed E-state index contributed by atoms with van der Waals surface area (Å²) in [6.07, 6.45) is -1.10. The van der Waals surface area contributed by atoms with Crippen LogP contribution in [0.5, 0.6) is 0 Å². The van der Waals surface area contributed by atoms with Gasteiger partial charge in [-0.1, -0.05) is 13.2 Å². The van der Waals surface area contributed by atoms with Gasteiger partial charge >= 0.3 is 27.5 Å². The Bertz CT molecular complexity index is 627. The maximum Gasteiger partial charge on any atom is 0.511 e. The third kappa shape index (κ3) is 8.68. The molecule has 0 aliphatic carbocycles. The Kier molecular flexibility index (Phi) is 8.84. The zero-order chi connectivity index (χ0) is 19.8. The third-order valence-corrected chi connectivity index (χ3v) is 3.86. The second-order valence-electron chi connectivity index (χ2n) is 5.17. The van der Waals surface area contributed by atoms with E-state index in [0.717, 1.165) is 0 Å². The monoisotopic (exact) mass is 387 g/mol. The number of carbonyl (C=O) groups excluding carboxylic acids is 2. The highest BCUT2D eigenvalue weighted by Gasteiger charge is 2.45. The molecule has 0 aromatic rings. The maximum atomic E-state index is 12.2. The van der Waals surface area contributed by atoms with Gasteiger partial charge in [0.05, 0.1) is 0 Å². The summed E-state index contributed by atoms with van der Waals surface area (Å²) in [6, 6.07) is 0. The summed E-state index contributed by atoms with van der Waals surface area (Å²) in [5.74, 6) is -1.50. The lowest BCUT2D eigenvalue weighted by Crippen LogP contribution is -2.37. The number of nitrogens with one attached hydrogen (secondary N) is 1. The van der Waals surface area contributed by atoms with Gasteiger partial charge in [0, 0.05) is 17.7 Å². The van der Waals surface area contributed by atoms with Crippen LogP contribution in [0.25, 0.3) is 0 Å². The molecule has 0 aromatic heterocycles. The number of esters is 2. The summed E-state index contributed by atoms with van der Waals surface area (Å²) in [4.78, 5) is 22.9. The van der Waals surface area contributed by atoms with E-state index in [1.54, 1.807) is 0 Å². The van der Waals surface area contributed by atoms with Crippen molar-refractivity contribution < 1.29 is 40.7 Å². The van der Waals surface area contributed by atoms with E-state index in [1.807, 2.05) is 0 Å². The topological polar surface area (TPSA) is 98.8 Å². The molecule has 0 bridgehead atoms. The standard InChI is InChI=1S/C14H20F3NO6S/c1-9(2)12(19)23-8-11(24-13(20)10(3)4)6-5-7-18-25(21,22)14(15,16)17/h11,18H,1,3,5-8H2,2,4H3. The molecule has 0 aliphatic heterocycles. The molecule has 1 N–H and O–H groups in total. The number of halogens is 3. The SMILES string of the molecule is C=C(C)C(=O)OCC(CCCNS(=O)(=O)C(F)(F)F)OC(=O)C(=C)C. The lowest BCUT2D eigenvalue weighted by atomic mass is 10.2. The first-order valence-electron chi connectivity index (χ1n) is 7.03. The Morgan fingerprint density at radius 2 is 1.64 bits per heavy atom. The molecule has 0 amide bonds. The molecule has 0 fully saturated rings. The predicted octanol–water partition coefficient (Wildman–Crippen LogP) is 1.81. The van der Waals surface area contributed by atoms with Crippen LogP contribution in [0.4, 0.5) is 13.2 Å². The fourth-order valence-corrected chi connectivity index (χ4v) is 1.91. The summed E-state index contributed by atoms with van der Waals surface area (Å²) < 4.78 is 69.4. The molecule has 0 aliphatic rings. The van der Waals surface area contributed by atoms with Crippen LogP contribution in [0.1, 0.15) is 26.7 Å². The van der Waals surface area contributed by atoms with Gasteiger partial charge in [-0.3, -0.25) is 0 Å². The zero-order valence-electron chi connectivity index (χ0n) is 13.8. The van der Waals surface area contributed by atoms with Gasteiger partial charge in [-0.2, -0.15) is 13.2 Å². The average molecular weight is 387 g/mol. The maximum absolute atomic E-state index is 12.2. The molecular weight excluding hydrogens is 367 g/mol. The van der Waals surface area contributed by atoms with Crippen LogP contribution in [0, 0.1) is 0 Å². The number of alkyl halides is 3.